The molecule has 1 unspecified atom stereocenters. The minimum absolute atomic E-state index is 0.0693. The minimum Gasteiger partial charge on any atom is -0.348 e. The van der Waals surface area contributed by atoms with Gasteiger partial charge in [-0.3, -0.25) is 9.59 Å². The topological polar surface area (TPSA) is 84.2 Å². The van der Waals surface area contributed by atoms with Gasteiger partial charge >= 0.3 is 0 Å². The van der Waals surface area contributed by atoms with Crippen LogP contribution in [0.2, 0.25) is 5.02 Å². The number of carbonyl (C=O) groups is 2. The third-order valence-corrected chi connectivity index (χ3v) is 2.90. The Bertz CT molecular complexity index is 434. The smallest absolute Gasteiger partial charge is 0.239 e. The summed E-state index contributed by atoms with van der Waals surface area (Å²) < 4.78 is 0. The molecule has 0 aliphatic heterocycles. The van der Waals surface area contributed by atoms with Crippen LogP contribution in [-0.4, -0.2) is 24.9 Å². The van der Waals surface area contributed by atoms with Crippen molar-refractivity contribution in [2.75, 3.05) is 13.1 Å². The van der Waals surface area contributed by atoms with Crippen molar-refractivity contribution < 1.29 is 9.59 Å². The van der Waals surface area contributed by atoms with E-state index in [4.69, 9.17) is 17.3 Å². The Balaban J connectivity index is 2.54. The largest absolute Gasteiger partial charge is 0.348 e. The molecule has 2 amide bonds. The zero-order chi connectivity index (χ0) is 14.3. The summed E-state index contributed by atoms with van der Waals surface area (Å²) in [6, 6.07) is 7.20. The summed E-state index contributed by atoms with van der Waals surface area (Å²) in [5.74, 6) is -0.599. The van der Waals surface area contributed by atoms with Crippen LogP contribution in [0.25, 0.3) is 0 Å². The molecule has 5 nitrogen and oxygen atoms in total. The zero-order valence-electron chi connectivity index (χ0n) is 10.8. The molecule has 0 aliphatic rings. The Labute approximate surface area is 117 Å². The van der Waals surface area contributed by atoms with Crippen LogP contribution in [-0.2, 0) is 9.59 Å². The van der Waals surface area contributed by atoms with Crippen LogP contribution in [0.3, 0.4) is 0 Å². The van der Waals surface area contributed by atoms with Crippen LogP contribution < -0.4 is 16.4 Å². The molecule has 6 heteroatoms. The van der Waals surface area contributed by atoms with Gasteiger partial charge in [-0.2, -0.15) is 0 Å². The van der Waals surface area contributed by atoms with Gasteiger partial charge in [-0.25, -0.2) is 0 Å². The molecule has 0 saturated heterocycles. The van der Waals surface area contributed by atoms with Gasteiger partial charge in [-0.05, 0) is 24.1 Å². The van der Waals surface area contributed by atoms with E-state index in [1.807, 2.05) is 19.1 Å². The molecule has 1 rings (SSSR count). The van der Waals surface area contributed by atoms with E-state index in [1.54, 1.807) is 12.1 Å². The zero-order valence-corrected chi connectivity index (χ0v) is 11.5. The predicted octanol–water partition coefficient (Wildman–Crippen LogP) is 0.982. The summed E-state index contributed by atoms with van der Waals surface area (Å²) in [4.78, 5) is 22.6. The monoisotopic (exact) mass is 283 g/mol. The molecule has 1 aromatic carbocycles. The molecule has 0 saturated carbocycles. The highest BCUT2D eigenvalue weighted by atomic mass is 35.5. The van der Waals surface area contributed by atoms with E-state index >= 15 is 0 Å². The molecule has 0 radical (unpaired) electrons. The summed E-state index contributed by atoms with van der Waals surface area (Å²) in [6.45, 7) is 1.78. The van der Waals surface area contributed by atoms with E-state index in [-0.39, 0.29) is 30.9 Å². The van der Waals surface area contributed by atoms with Crippen molar-refractivity contribution in [2.45, 2.75) is 19.4 Å². The average molecular weight is 284 g/mol. The van der Waals surface area contributed by atoms with Crippen LogP contribution in [0.15, 0.2) is 24.3 Å². The van der Waals surface area contributed by atoms with Crippen molar-refractivity contribution in [3.63, 3.8) is 0 Å². The van der Waals surface area contributed by atoms with E-state index < -0.39 is 0 Å². The van der Waals surface area contributed by atoms with Crippen molar-refractivity contribution in [1.29, 1.82) is 0 Å². The maximum Gasteiger partial charge on any atom is 0.239 e. The summed E-state index contributed by atoms with van der Waals surface area (Å²) in [5, 5.41) is 5.92. The standard InChI is InChI=1S/C13H18ClN3O2/c1-2-11(9-3-5-10(14)6-4-9)17-13(19)8-16-12(18)7-15/h3-6,11H,2,7-8,15H2,1H3,(H,16,18)(H,17,19). The second-order valence-corrected chi connectivity index (χ2v) is 4.50. The summed E-state index contributed by atoms with van der Waals surface area (Å²) in [6.07, 6.45) is 0.748. The first kappa shape index (κ1) is 15.5. The van der Waals surface area contributed by atoms with Crippen LogP contribution in [0.5, 0.6) is 0 Å². The lowest BCUT2D eigenvalue weighted by Crippen LogP contribution is -2.40. The van der Waals surface area contributed by atoms with Crippen molar-refractivity contribution >= 4 is 23.4 Å². The fourth-order valence-corrected chi connectivity index (χ4v) is 1.74. The Kier molecular flexibility index (Phi) is 6.32. The van der Waals surface area contributed by atoms with Crippen LogP contribution >= 0.6 is 11.6 Å². The minimum atomic E-state index is -0.352. The van der Waals surface area contributed by atoms with Gasteiger partial charge in [0.15, 0.2) is 0 Å². The second kappa shape index (κ2) is 7.76. The number of carbonyl (C=O) groups excluding carboxylic acids is 2. The van der Waals surface area contributed by atoms with Gasteiger partial charge in [0.1, 0.15) is 0 Å². The molecule has 4 N–H and O–H groups in total. The fourth-order valence-electron chi connectivity index (χ4n) is 1.61. The molecule has 0 aliphatic carbocycles. The van der Waals surface area contributed by atoms with Crippen molar-refractivity contribution in [1.82, 2.24) is 10.6 Å². The fraction of sp³-hybridized carbons (Fsp3) is 0.385. The highest BCUT2D eigenvalue weighted by Crippen LogP contribution is 2.18. The van der Waals surface area contributed by atoms with Gasteiger partial charge in [-0.1, -0.05) is 30.7 Å². The van der Waals surface area contributed by atoms with E-state index in [9.17, 15) is 9.59 Å². The molecule has 1 aromatic rings. The molecule has 0 aromatic heterocycles. The third-order valence-electron chi connectivity index (χ3n) is 2.65. The van der Waals surface area contributed by atoms with Gasteiger partial charge < -0.3 is 16.4 Å². The van der Waals surface area contributed by atoms with Crippen LogP contribution in [0, 0.1) is 0 Å². The Hall–Kier alpha value is -1.59. The molecule has 0 heterocycles. The van der Waals surface area contributed by atoms with Gasteiger partial charge in [-0.15, -0.1) is 0 Å². The normalized spacial score (nSPS) is 11.7. The number of benzene rings is 1. The van der Waals surface area contributed by atoms with Gasteiger partial charge in [0.2, 0.25) is 11.8 Å². The average Bonchev–Trinajstić information content (AvgIpc) is 2.43. The highest BCUT2D eigenvalue weighted by molar-refractivity contribution is 6.30. The van der Waals surface area contributed by atoms with E-state index in [2.05, 4.69) is 10.6 Å². The van der Waals surface area contributed by atoms with Gasteiger partial charge in [0.25, 0.3) is 0 Å². The number of amides is 2. The summed E-state index contributed by atoms with van der Waals surface area (Å²) in [7, 11) is 0. The molecule has 104 valence electrons. The number of hydrogen-bond donors (Lipinski definition) is 3. The maximum atomic E-state index is 11.7. The number of rotatable bonds is 6. The first-order valence-electron chi connectivity index (χ1n) is 6.08. The maximum absolute atomic E-state index is 11.7. The molecular weight excluding hydrogens is 266 g/mol. The first-order chi connectivity index (χ1) is 9.06. The Morgan fingerprint density at radius 1 is 1.26 bits per heavy atom. The van der Waals surface area contributed by atoms with Crippen molar-refractivity contribution in [3.8, 4) is 0 Å². The SMILES string of the molecule is CCC(NC(=O)CNC(=O)CN)c1ccc(Cl)cc1. The second-order valence-electron chi connectivity index (χ2n) is 4.06. The van der Waals surface area contributed by atoms with Crippen LogP contribution in [0.1, 0.15) is 24.9 Å². The first-order valence-corrected chi connectivity index (χ1v) is 6.46. The van der Waals surface area contributed by atoms with Crippen LogP contribution in [0.4, 0.5) is 0 Å². The Morgan fingerprint density at radius 3 is 2.42 bits per heavy atom. The lowest BCUT2D eigenvalue weighted by atomic mass is 10.0. The number of nitrogens with two attached hydrogens (primary N) is 1. The molecule has 19 heavy (non-hydrogen) atoms. The summed E-state index contributed by atoms with van der Waals surface area (Å²) >= 11 is 5.82. The number of nitrogens with one attached hydrogen (secondary N) is 2. The van der Waals surface area contributed by atoms with Crippen molar-refractivity contribution in [2.24, 2.45) is 5.73 Å². The molecule has 0 fully saturated rings. The lowest BCUT2D eigenvalue weighted by Gasteiger charge is -2.17. The third kappa shape index (κ3) is 5.28. The lowest BCUT2D eigenvalue weighted by molar-refractivity contribution is -0.125. The van der Waals surface area contributed by atoms with E-state index in [1.165, 1.54) is 0 Å². The predicted molar refractivity (Wildman–Crippen MR) is 74.7 cm³/mol. The molecule has 0 spiro atoms. The number of hydrogen-bond acceptors (Lipinski definition) is 3. The van der Waals surface area contributed by atoms with Gasteiger partial charge in [0.05, 0.1) is 19.1 Å². The highest BCUT2D eigenvalue weighted by Gasteiger charge is 2.12. The molecule has 0 bridgehead atoms. The van der Waals surface area contributed by atoms with E-state index in [0.717, 1.165) is 12.0 Å². The van der Waals surface area contributed by atoms with Gasteiger partial charge in [0, 0.05) is 5.02 Å². The quantitative estimate of drug-likeness (QED) is 0.728. The number of halogens is 1. The van der Waals surface area contributed by atoms with Crippen molar-refractivity contribution in [3.05, 3.63) is 34.9 Å². The Morgan fingerprint density at radius 2 is 1.89 bits per heavy atom. The molecule has 1 atom stereocenters. The summed E-state index contributed by atoms with van der Waals surface area (Å²) in [5.41, 5.74) is 6.11. The molecular formula is C13H18ClN3O2. The van der Waals surface area contributed by atoms with E-state index in [0.29, 0.717) is 5.02 Å².